The number of hydrogen-bond acceptors (Lipinski definition) is 7. The fraction of sp³-hybridized carbons (Fsp3) is 0.200. The zero-order valence-electron chi connectivity index (χ0n) is 20.7. The molecule has 0 spiro atoms. The summed E-state index contributed by atoms with van der Waals surface area (Å²) in [5.41, 5.74) is 2.42. The number of ketones is 1. The average molecular weight is 501 g/mol. The zero-order chi connectivity index (χ0) is 26.0. The molecule has 1 saturated heterocycles. The largest absolute Gasteiger partial charge is 0.497 e. The number of esters is 1. The molecule has 0 aliphatic carbocycles. The van der Waals surface area contributed by atoms with E-state index >= 15 is 0 Å². The molecule has 190 valence electrons. The van der Waals surface area contributed by atoms with E-state index in [-0.39, 0.29) is 18.3 Å². The lowest BCUT2D eigenvalue weighted by molar-refractivity contribution is -0.128. The van der Waals surface area contributed by atoms with E-state index in [1.807, 2.05) is 48.5 Å². The molecule has 1 unspecified atom stereocenters. The third kappa shape index (κ3) is 8.08. The molecule has 7 heteroatoms. The summed E-state index contributed by atoms with van der Waals surface area (Å²) in [4.78, 5) is 25.0. The Bertz CT molecular complexity index is 1270. The van der Waals surface area contributed by atoms with Gasteiger partial charge in [0.15, 0.2) is 5.78 Å². The summed E-state index contributed by atoms with van der Waals surface area (Å²) >= 11 is 0. The number of carbonyl (C=O) groups is 2. The van der Waals surface area contributed by atoms with Gasteiger partial charge in [-0.3, -0.25) is 4.79 Å². The van der Waals surface area contributed by atoms with Crippen LogP contribution in [0.15, 0.2) is 78.9 Å². The summed E-state index contributed by atoms with van der Waals surface area (Å²) in [6, 6.07) is 19.7. The van der Waals surface area contributed by atoms with Crippen molar-refractivity contribution in [3.63, 3.8) is 0 Å². The molecule has 1 aliphatic rings. The van der Waals surface area contributed by atoms with E-state index < -0.39 is 5.97 Å². The van der Waals surface area contributed by atoms with Crippen molar-refractivity contribution < 1.29 is 33.3 Å². The van der Waals surface area contributed by atoms with Crippen molar-refractivity contribution in [1.82, 2.24) is 0 Å². The van der Waals surface area contributed by atoms with Crippen molar-refractivity contribution in [2.45, 2.75) is 12.5 Å². The minimum Gasteiger partial charge on any atom is -0.497 e. The molecular formula is C30H28O7. The molecule has 0 aromatic heterocycles. The molecule has 7 nitrogen and oxygen atoms in total. The van der Waals surface area contributed by atoms with Crippen LogP contribution in [0.25, 0.3) is 12.2 Å². The van der Waals surface area contributed by atoms with Gasteiger partial charge in [-0.25, -0.2) is 4.79 Å². The van der Waals surface area contributed by atoms with Crippen LogP contribution in [-0.4, -0.2) is 45.3 Å². The SMILES string of the molecule is COc1ccc(C=CC(=O)Cc2ccc(OC(=O)C=Cc3ccc(OC)cc3)cc2OCC2CO2)cc1. The van der Waals surface area contributed by atoms with Gasteiger partial charge in [0.05, 0.1) is 20.8 Å². The minimum atomic E-state index is -0.529. The summed E-state index contributed by atoms with van der Waals surface area (Å²) in [5, 5.41) is 0. The van der Waals surface area contributed by atoms with Crippen LogP contribution in [0.3, 0.4) is 0 Å². The molecule has 1 atom stereocenters. The van der Waals surface area contributed by atoms with Gasteiger partial charge < -0.3 is 23.7 Å². The van der Waals surface area contributed by atoms with Crippen LogP contribution in [0.2, 0.25) is 0 Å². The number of epoxide rings is 1. The van der Waals surface area contributed by atoms with E-state index in [0.717, 1.165) is 22.6 Å². The Morgan fingerprint density at radius 1 is 0.838 bits per heavy atom. The van der Waals surface area contributed by atoms with E-state index in [1.54, 1.807) is 44.6 Å². The van der Waals surface area contributed by atoms with Gasteiger partial charge in [-0.15, -0.1) is 0 Å². The van der Waals surface area contributed by atoms with Crippen molar-refractivity contribution in [2.24, 2.45) is 0 Å². The average Bonchev–Trinajstić information content (AvgIpc) is 3.76. The summed E-state index contributed by atoms with van der Waals surface area (Å²) in [6.07, 6.45) is 6.48. The predicted molar refractivity (Wildman–Crippen MR) is 140 cm³/mol. The number of allylic oxidation sites excluding steroid dienone is 1. The first kappa shape index (κ1) is 25.7. The van der Waals surface area contributed by atoms with Crippen molar-refractivity contribution in [1.29, 1.82) is 0 Å². The Morgan fingerprint density at radius 2 is 1.41 bits per heavy atom. The summed E-state index contributed by atoms with van der Waals surface area (Å²) < 4.78 is 26.9. The minimum absolute atomic E-state index is 0.0390. The molecule has 1 fully saturated rings. The lowest BCUT2D eigenvalue weighted by Crippen LogP contribution is -2.09. The highest BCUT2D eigenvalue weighted by atomic mass is 16.6. The van der Waals surface area contributed by atoms with E-state index in [1.165, 1.54) is 12.2 Å². The second-order valence-corrected chi connectivity index (χ2v) is 8.31. The monoisotopic (exact) mass is 500 g/mol. The summed E-state index contributed by atoms with van der Waals surface area (Å²) in [6.45, 7) is 1.00. The lowest BCUT2D eigenvalue weighted by atomic mass is 10.1. The number of benzene rings is 3. The van der Waals surface area contributed by atoms with Crippen LogP contribution >= 0.6 is 0 Å². The zero-order valence-corrected chi connectivity index (χ0v) is 20.7. The van der Waals surface area contributed by atoms with Crippen molar-refractivity contribution in [3.8, 4) is 23.0 Å². The predicted octanol–water partition coefficient (Wildman–Crippen LogP) is 4.93. The topological polar surface area (TPSA) is 83.6 Å². The first-order valence-corrected chi connectivity index (χ1v) is 11.8. The third-order valence-electron chi connectivity index (χ3n) is 5.55. The smallest absolute Gasteiger partial charge is 0.336 e. The number of hydrogen-bond donors (Lipinski definition) is 0. The molecule has 0 saturated carbocycles. The van der Waals surface area contributed by atoms with E-state index in [9.17, 15) is 9.59 Å². The second-order valence-electron chi connectivity index (χ2n) is 8.31. The number of methoxy groups -OCH3 is 2. The first-order chi connectivity index (χ1) is 18.0. The van der Waals surface area contributed by atoms with E-state index in [4.69, 9.17) is 23.7 Å². The van der Waals surface area contributed by atoms with Gasteiger partial charge >= 0.3 is 5.97 Å². The molecule has 1 heterocycles. The first-order valence-electron chi connectivity index (χ1n) is 11.8. The third-order valence-corrected chi connectivity index (χ3v) is 5.55. The Morgan fingerprint density at radius 3 is 1.97 bits per heavy atom. The number of rotatable bonds is 12. The van der Waals surface area contributed by atoms with Crippen LogP contribution < -0.4 is 18.9 Å². The highest BCUT2D eigenvalue weighted by Crippen LogP contribution is 2.27. The molecule has 0 amide bonds. The molecule has 0 N–H and O–H groups in total. The Hall–Kier alpha value is -4.36. The van der Waals surface area contributed by atoms with Gasteiger partial charge in [0, 0.05) is 24.1 Å². The molecule has 4 rings (SSSR count). The Labute approximate surface area is 215 Å². The molecular weight excluding hydrogens is 472 g/mol. The lowest BCUT2D eigenvalue weighted by Gasteiger charge is -2.12. The van der Waals surface area contributed by atoms with Crippen molar-refractivity contribution in [2.75, 3.05) is 27.4 Å². The van der Waals surface area contributed by atoms with Crippen LogP contribution in [0, 0.1) is 0 Å². The van der Waals surface area contributed by atoms with Crippen molar-refractivity contribution in [3.05, 3.63) is 95.6 Å². The molecule has 0 radical (unpaired) electrons. The van der Waals surface area contributed by atoms with Crippen LogP contribution in [-0.2, 0) is 20.7 Å². The standard InChI is InChI=1S/C30H28O7/c1-33-25-11-4-21(5-12-25)3-10-24(31)17-23-9-15-27(18-29(23)36-20-28-19-35-28)37-30(32)16-8-22-6-13-26(34-2)14-7-22/h3-16,18,28H,17,19-20H2,1-2H3. The van der Waals surface area contributed by atoms with Crippen molar-refractivity contribution >= 4 is 23.9 Å². The second kappa shape index (κ2) is 12.6. The fourth-order valence-electron chi connectivity index (χ4n) is 3.41. The Kier molecular flexibility index (Phi) is 8.73. The van der Waals surface area contributed by atoms with E-state index in [2.05, 4.69) is 0 Å². The normalized spacial score (nSPS) is 14.5. The highest BCUT2D eigenvalue weighted by Gasteiger charge is 2.24. The van der Waals surface area contributed by atoms with Gasteiger partial charge in [0.2, 0.25) is 0 Å². The summed E-state index contributed by atoms with van der Waals surface area (Å²) in [7, 11) is 3.20. The van der Waals surface area contributed by atoms with Gasteiger partial charge in [-0.2, -0.15) is 0 Å². The summed E-state index contributed by atoms with van der Waals surface area (Å²) in [5.74, 6) is 1.67. The molecule has 0 bridgehead atoms. The molecule has 3 aromatic carbocycles. The maximum absolute atomic E-state index is 12.6. The Balaban J connectivity index is 1.40. The highest BCUT2D eigenvalue weighted by molar-refractivity contribution is 5.95. The maximum atomic E-state index is 12.6. The van der Waals surface area contributed by atoms with Gasteiger partial charge in [-0.05, 0) is 53.6 Å². The number of ether oxygens (including phenoxy) is 5. The van der Waals surface area contributed by atoms with Crippen LogP contribution in [0.1, 0.15) is 16.7 Å². The molecule has 1 aliphatic heterocycles. The molecule has 3 aromatic rings. The number of carbonyl (C=O) groups excluding carboxylic acids is 2. The quantitative estimate of drug-likeness (QED) is 0.151. The van der Waals surface area contributed by atoms with Crippen LogP contribution in [0.5, 0.6) is 23.0 Å². The van der Waals surface area contributed by atoms with Gasteiger partial charge in [-0.1, -0.05) is 36.4 Å². The maximum Gasteiger partial charge on any atom is 0.336 e. The van der Waals surface area contributed by atoms with Gasteiger partial charge in [0.1, 0.15) is 35.7 Å². The van der Waals surface area contributed by atoms with Gasteiger partial charge in [0.25, 0.3) is 0 Å². The fourth-order valence-corrected chi connectivity index (χ4v) is 3.41. The van der Waals surface area contributed by atoms with E-state index in [0.29, 0.717) is 30.3 Å². The van der Waals surface area contributed by atoms with Crippen LogP contribution in [0.4, 0.5) is 0 Å². The molecule has 37 heavy (non-hydrogen) atoms.